The summed E-state index contributed by atoms with van der Waals surface area (Å²) in [6.45, 7) is 0. The normalized spacial score (nSPS) is 16.4. The van der Waals surface area contributed by atoms with E-state index in [9.17, 15) is 0 Å². The van der Waals surface area contributed by atoms with Gasteiger partial charge in [0.25, 0.3) is 0 Å². The summed E-state index contributed by atoms with van der Waals surface area (Å²) in [7, 11) is 0. The monoisotopic (exact) mass is 252 g/mol. The molecule has 0 saturated heterocycles. The van der Waals surface area contributed by atoms with Gasteiger partial charge in [0.15, 0.2) is 0 Å². The third kappa shape index (κ3) is 1.75. The van der Waals surface area contributed by atoms with Crippen LogP contribution in [0.2, 0.25) is 0 Å². The van der Waals surface area contributed by atoms with E-state index in [0.717, 1.165) is 21.8 Å². The third-order valence-corrected chi connectivity index (χ3v) is 3.97. The first kappa shape index (κ1) is 10.8. The first-order valence-corrected chi connectivity index (χ1v) is 6.90. The summed E-state index contributed by atoms with van der Waals surface area (Å²) >= 11 is 0. The Morgan fingerprint density at radius 3 is 2.95 bits per heavy atom. The van der Waals surface area contributed by atoms with Crippen molar-refractivity contribution >= 4 is 21.8 Å². The molecule has 0 aliphatic heterocycles. The molecule has 1 aliphatic carbocycles. The van der Waals surface area contributed by atoms with E-state index in [1.807, 2.05) is 23.3 Å². The number of pyridine rings is 1. The maximum Gasteiger partial charge on any atom is 0.101 e. The van der Waals surface area contributed by atoms with Gasteiger partial charge in [0, 0.05) is 23.0 Å². The number of nitrogens with one attached hydrogen (secondary N) is 1. The van der Waals surface area contributed by atoms with Gasteiger partial charge >= 0.3 is 0 Å². The van der Waals surface area contributed by atoms with Gasteiger partial charge in [-0.1, -0.05) is 12.8 Å². The molecule has 19 heavy (non-hydrogen) atoms. The van der Waals surface area contributed by atoms with Gasteiger partial charge in [0.2, 0.25) is 0 Å². The summed E-state index contributed by atoms with van der Waals surface area (Å²) in [6, 6.07) is 8.78. The van der Waals surface area contributed by atoms with E-state index >= 15 is 0 Å². The zero-order chi connectivity index (χ0) is 12.7. The zero-order valence-corrected chi connectivity index (χ0v) is 10.7. The molecular formula is C15H16N4. The summed E-state index contributed by atoms with van der Waals surface area (Å²) in [5, 5.41) is 6.80. The van der Waals surface area contributed by atoms with Crippen LogP contribution in [0, 0.1) is 0 Å². The minimum atomic E-state index is 0.551. The molecule has 0 atom stereocenters. The molecule has 1 aliphatic rings. The van der Waals surface area contributed by atoms with Crippen LogP contribution in [0.4, 0.5) is 0 Å². The molecule has 0 radical (unpaired) electrons. The van der Waals surface area contributed by atoms with Crippen LogP contribution in [0.15, 0.2) is 36.7 Å². The SMILES string of the molecule is c1cnc2ccc3cnn(NC4CCCC4)c3c2c1. The molecule has 1 aromatic carbocycles. The van der Waals surface area contributed by atoms with Crippen LogP contribution in [0.1, 0.15) is 25.7 Å². The Labute approximate surface area is 111 Å². The van der Waals surface area contributed by atoms with E-state index in [0.29, 0.717) is 6.04 Å². The van der Waals surface area contributed by atoms with Crippen molar-refractivity contribution in [2.75, 3.05) is 5.43 Å². The first-order valence-electron chi connectivity index (χ1n) is 6.90. The fraction of sp³-hybridized carbons (Fsp3) is 0.333. The average molecular weight is 252 g/mol. The van der Waals surface area contributed by atoms with Crippen LogP contribution >= 0.6 is 0 Å². The van der Waals surface area contributed by atoms with E-state index in [1.54, 1.807) is 0 Å². The molecule has 0 amide bonds. The van der Waals surface area contributed by atoms with Crippen molar-refractivity contribution in [2.24, 2.45) is 0 Å². The highest BCUT2D eigenvalue weighted by molar-refractivity contribution is 6.03. The van der Waals surface area contributed by atoms with Crippen molar-refractivity contribution in [2.45, 2.75) is 31.7 Å². The van der Waals surface area contributed by atoms with Gasteiger partial charge in [-0.15, -0.1) is 0 Å². The summed E-state index contributed by atoms with van der Waals surface area (Å²) < 4.78 is 0. The number of fused-ring (bicyclic) bond motifs is 3. The second kappa shape index (κ2) is 4.23. The fourth-order valence-electron chi connectivity index (χ4n) is 3.00. The highest BCUT2D eigenvalue weighted by Gasteiger charge is 2.16. The van der Waals surface area contributed by atoms with Crippen molar-refractivity contribution in [1.82, 2.24) is 14.9 Å². The number of hydrogen-bond acceptors (Lipinski definition) is 3. The van der Waals surface area contributed by atoms with Crippen LogP contribution in [0.3, 0.4) is 0 Å². The number of hydrogen-bond donors (Lipinski definition) is 1. The van der Waals surface area contributed by atoms with Crippen LogP contribution in [-0.2, 0) is 0 Å². The topological polar surface area (TPSA) is 42.7 Å². The first-order chi connectivity index (χ1) is 9.42. The number of aromatic nitrogens is 3. The summed E-state index contributed by atoms with van der Waals surface area (Å²) in [6.07, 6.45) is 8.87. The Morgan fingerprint density at radius 2 is 2.05 bits per heavy atom. The average Bonchev–Trinajstić information content (AvgIpc) is 3.09. The van der Waals surface area contributed by atoms with E-state index in [-0.39, 0.29) is 0 Å². The van der Waals surface area contributed by atoms with Gasteiger partial charge in [-0.25, -0.2) is 0 Å². The summed E-state index contributed by atoms with van der Waals surface area (Å²) in [5.74, 6) is 0. The number of nitrogens with zero attached hydrogens (tertiary/aromatic N) is 3. The Balaban J connectivity index is 1.88. The number of benzene rings is 1. The molecule has 2 heterocycles. The Morgan fingerprint density at radius 1 is 1.16 bits per heavy atom. The molecular weight excluding hydrogens is 236 g/mol. The second-order valence-electron chi connectivity index (χ2n) is 5.24. The molecule has 2 aromatic heterocycles. The van der Waals surface area contributed by atoms with Gasteiger partial charge in [-0.3, -0.25) is 4.98 Å². The minimum Gasteiger partial charge on any atom is -0.306 e. The van der Waals surface area contributed by atoms with Gasteiger partial charge in [0.05, 0.1) is 11.7 Å². The van der Waals surface area contributed by atoms with Gasteiger partial charge in [-0.2, -0.15) is 9.89 Å². The van der Waals surface area contributed by atoms with Gasteiger partial charge in [-0.05, 0) is 37.1 Å². The minimum absolute atomic E-state index is 0.551. The smallest absolute Gasteiger partial charge is 0.101 e. The molecule has 4 rings (SSSR count). The molecule has 0 bridgehead atoms. The van der Waals surface area contributed by atoms with Crippen LogP contribution in [0.5, 0.6) is 0 Å². The zero-order valence-electron chi connectivity index (χ0n) is 10.7. The molecule has 3 aromatic rings. The largest absolute Gasteiger partial charge is 0.306 e. The lowest BCUT2D eigenvalue weighted by Crippen LogP contribution is -2.25. The van der Waals surface area contributed by atoms with Crippen molar-refractivity contribution in [3.63, 3.8) is 0 Å². The standard InChI is InChI=1S/C15H16N4/c1-2-5-12(4-1)18-19-15-11(10-17-19)7-8-14-13(15)6-3-9-16-14/h3,6-10,12,18H,1-2,4-5H2. The fourth-order valence-corrected chi connectivity index (χ4v) is 3.00. The second-order valence-corrected chi connectivity index (χ2v) is 5.24. The van der Waals surface area contributed by atoms with E-state index in [4.69, 9.17) is 0 Å². The highest BCUT2D eigenvalue weighted by Crippen LogP contribution is 2.24. The lowest BCUT2D eigenvalue weighted by Gasteiger charge is -2.14. The third-order valence-electron chi connectivity index (χ3n) is 3.97. The maximum absolute atomic E-state index is 4.49. The molecule has 96 valence electrons. The molecule has 1 saturated carbocycles. The van der Waals surface area contributed by atoms with E-state index in [2.05, 4.69) is 33.7 Å². The van der Waals surface area contributed by atoms with Crippen LogP contribution in [-0.4, -0.2) is 20.9 Å². The molecule has 1 fully saturated rings. The molecule has 4 nitrogen and oxygen atoms in total. The summed E-state index contributed by atoms with van der Waals surface area (Å²) in [4.78, 5) is 6.35. The quantitative estimate of drug-likeness (QED) is 0.762. The number of rotatable bonds is 2. The van der Waals surface area contributed by atoms with Crippen LogP contribution in [0.25, 0.3) is 21.8 Å². The molecule has 0 spiro atoms. The highest BCUT2D eigenvalue weighted by atomic mass is 15.6. The Kier molecular flexibility index (Phi) is 2.40. The molecule has 0 unspecified atom stereocenters. The maximum atomic E-state index is 4.49. The van der Waals surface area contributed by atoms with E-state index < -0.39 is 0 Å². The molecule has 1 N–H and O–H groups in total. The Bertz CT molecular complexity index is 725. The van der Waals surface area contributed by atoms with Crippen molar-refractivity contribution in [1.29, 1.82) is 0 Å². The predicted molar refractivity (Wildman–Crippen MR) is 76.7 cm³/mol. The predicted octanol–water partition coefficient (Wildman–Crippen LogP) is 3.07. The lowest BCUT2D eigenvalue weighted by molar-refractivity contribution is 0.625. The summed E-state index contributed by atoms with van der Waals surface area (Å²) in [5.41, 5.74) is 5.69. The van der Waals surface area contributed by atoms with Crippen LogP contribution < -0.4 is 5.43 Å². The van der Waals surface area contributed by atoms with Gasteiger partial charge in [0.1, 0.15) is 5.52 Å². The van der Waals surface area contributed by atoms with Gasteiger partial charge < -0.3 is 5.43 Å². The lowest BCUT2D eigenvalue weighted by atomic mass is 10.1. The van der Waals surface area contributed by atoms with E-state index in [1.165, 1.54) is 25.7 Å². The molecule has 4 heteroatoms. The van der Waals surface area contributed by atoms with Crippen molar-refractivity contribution in [3.05, 3.63) is 36.7 Å². The van der Waals surface area contributed by atoms with Crippen molar-refractivity contribution in [3.8, 4) is 0 Å². The Hall–Kier alpha value is -2.10. The van der Waals surface area contributed by atoms with Crippen molar-refractivity contribution < 1.29 is 0 Å².